The highest BCUT2D eigenvalue weighted by atomic mass is 16.3. The van der Waals surface area contributed by atoms with Crippen molar-refractivity contribution in [1.82, 2.24) is 5.32 Å². The van der Waals surface area contributed by atoms with E-state index >= 15 is 0 Å². The molecule has 2 atom stereocenters. The van der Waals surface area contributed by atoms with Gasteiger partial charge in [0.1, 0.15) is 0 Å². The van der Waals surface area contributed by atoms with Gasteiger partial charge < -0.3 is 10.4 Å². The minimum atomic E-state index is -0.00397. The molecule has 0 aromatic carbocycles. The number of rotatable bonds is 6. The highest BCUT2D eigenvalue weighted by molar-refractivity contribution is 5.85. The summed E-state index contributed by atoms with van der Waals surface area (Å²) in [5, 5.41) is 12.1. The number of hydrogen-bond donors (Lipinski definition) is 2. The van der Waals surface area contributed by atoms with E-state index in [9.17, 15) is 4.79 Å². The average molecular weight is 225 g/mol. The highest BCUT2D eigenvalue weighted by Crippen LogP contribution is 2.48. The van der Waals surface area contributed by atoms with E-state index in [1.807, 2.05) is 0 Å². The molecule has 16 heavy (non-hydrogen) atoms. The summed E-state index contributed by atoms with van der Waals surface area (Å²) in [5.41, 5.74) is -0.00397. The van der Waals surface area contributed by atoms with Crippen LogP contribution in [0.5, 0.6) is 0 Å². The maximum absolute atomic E-state index is 11.8. The summed E-state index contributed by atoms with van der Waals surface area (Å²) in [4.78, 5) is 11.8. The van der Waals surface area contributed by atoms with E-state index in [0.29, 0.717) is 18.4 Å². The number of aliphatic hydroxyl groups is 1. The summed E-state index contributed by atoms with van der Waals surface area (Å²) in [6.45, 7) is 3.21. The Bertz CT molecular complexity index is 259. The molecular formula is C13H23NO2. The van der Waals surface area contributed by atoms with Crippen LogP contribution in [0.3, 0.4) is 0 Å². The molecule has 0 spiro atoms. The van der Waals surface area contributed by atoms with Crippen molar-refractivity contribution in [3.63, 3.8) is 0 Å². The molecule has 0 saturated heterocycles. The lowest BCUT2D eigenvalue weighted by molar-refractivity contribution is -0.126. The van der Waals surface area contributed by atoms with Crippen LogP contribution in [-0.2, 0) is 4.79 Å². The molecule has 0 bridgehead atoms. The van der Waals surface area contributed by atoms with E-state index in [-0.39, 0.29) is 11.3 Å². The predicted octanol–water partition coefficient (Wildman–Crippen LogP) is 1.70. The van der Waals surface area contributed by atoms with E-state index in [4.69, 9.17) is 5.11 Å². The van der Waals surface area contributed by atoms with Gasteiger partial charge in [0, 0.05) is 18.6 Å². The monoisotopic (exact) mass is 225 g/mol. The summed E-state index contributed by atoms with van der Waals surface area (Å²) < 4.78 is 0. The Kier molecular flexibility index (Phi) is 3.53. The molecule has 92 valence electrons. The zero-order valence-corrected chi connectivity index (χ0v) is 10.2. The van der Waals surface area contributed by atoms with Crippen LogP contribution in [-0.4, -0.2) is 24.2 Å². The molecule has 2 N–H and O–H groups in total. The van der Waals surface area contributed by atoms with Gasteiger partial charge in [0.25, 0.3) is 0 Å². The van der Waals surface area contributed by atoms with Gasteiger partial charge in [-0.25, -0.2) is 0 Å². The van der Waals surface area contributed by atoms with Crippen molar-refractivity contribution in [1.29, 1.82) is 0 Å². The largest absolute Gasteiger partial charge is 0.396 e. The van der Waals surface area contributed by atoms with Gasteiger partial charge >= 0.3 is 0 Å². The van der Waals surface area contributed by atoms with Crippen molar-refractivity contribution in [3.8, 4) is 0 Å². The Balaban J connectivity index is 1.63. The first-order valence-corrected chi connectivity index (χ1v) is 6.61. The molecule has 0 aromatic heterocycles. The topological polar surface area (TPSA) is 49.3 Å². The van der Waals surface area contributed by atoms with E-state index < -0.39 is 0 Å². The Hall–Kier alpha value is -0.570. The van der Waals surface area contributed by atoms with Crippen LogP contribution in [0, 0.1) is 17.3 Å². The summed E-state index contributed by atoms with van der Waals surface area (Å²) >= 11 is 0. The van der Waals surface area contributed by atoms with Crippen molar-refractivity contribution in [2.75, 3.05) is 13.2 Å². The predicted molar refractivity (Wildman–Crippen MR) is 62.9 cm³/mol. The molecule has 0 aromatic rings. The maximum Gasteiger partial charge on any atom is 0.226 e. The van der Waals surface area contributed by atoms with Crippen LogP contribution in [0.25, 0.3) is 0 Å². The van der Waals surface area contributed by atoms with Crippen molar-refractivity contribution in [3.05, 3.63) is 0 Å². The van der Waals surface area contributed by atoms with E-state index in [0.717, 1.165) is 38.6 Å². The summed E-state index contributed by atoms with van der Waals surface area (Å²) in [6, 6.07) is 0. The van der Waals surface area contributed by atoms with Gasteiger partial charge in [-0.15, -0.1) is 0 Å². The second-order valence-electron chi connectivity index (χ2n) is 5.46. The van der Waals surface area contributed by atoms with Crippen molar-refractivity contribution >= 4 is 5.91 Å². The second-order valence-corrected chi connectivity index (χ2v) is 5.46. The van der Waals surface area contributed by atoms with Gasteiger partial charge in [0.15, 0.2) is 0 Å². The van der Waals surface area contributed by atoms with Gasteiger partial charge in [-0.05, 0) is 50.4 Å². The summed E-state index contributed by atoms with van der Waals surface area (Å²) in [5.74, 6) is 1.40. The number of aliphatic hydroxyl groups excluding tert-OH is 1. The molecule has 3 nitrogen and oxygen atoms in total. The Morgan fingerprint density at radius 1 is 1.38 bits per heavy atom. The third-order valence-electron chi connectivity index (χ3n) is 4.62. The van der Waals surface area contributed by atoms with Crippen LogP contribution >= 0.6 is 0 Å². The van der Waals surface area contributed by atoms with Crippen LogP contribution < -0.4 is 5.32 Å². The van der Waals surface area contributed by atoms with Crippen molar-refractivity contribution < 1.29 is 9.90 Å². The Labute approximate surface area is 97.6 Å². The Morgan fingerprint density at radius 2 is 2.06 bits per heavy atom. The quantitative estimate of drug-likeness (QED) is 0.723. The van der Waals surface area contributed by atoms with Gasteiger partial charge in [-0.1, -0.05) is 6.92 Å². The molecule has 0 aliphatic heterocycles. The van der Waals surface area contributed by atoms with Gasteiger partial charge in [-0.2, -0.15) is 0 Å². The zero-order chi connectivity index (χ0) is 11.6. The third-order valence-corrected chi connectivity index (χ3v) is 4.62. The molecule has 2 aliphatic rings. The minimum absolute atomic E-state index is 0.00397. The van der Waals surface area contributed by atoms with Gasteiger partial charge in [0.05, 0.1) is 0 Å². The molecule has 2 unspecified atom stereocenters. The number of carbonyl (C=O) groups excluding carboxylic acids is 1. The lowest BCUT2D eigenvalue weighted by atomic mass is 9.72. The smallest absolute Gasteiger partial charge is 0.226 e. The van der Waals surface area contributed by atoms with Gasteiger partial charge in [-0.3, -0.25) is 4.79 Å². The number of amides is 1. The molecule has 2 aliphatic carbocycles. The van der Waals surface area contributed by atoms with Crippen molar-refractivity contribution in [2.24, 2.45) is 17.3 Å². The first kappa shape index (κ1) is 11.9. The molecule has 1 amide bonds. The first-order valence-electron chi connectivity index (χ1n) is 6.61. The fourth-order valence-corrected chi connectivity index (χ4v) is 2.71. The molecular weight excluding hydrogens is 202 g/mol. The molecule has 2 rings (SSSR count). The molecule has 3 heteroatoms. The third kappa shape index (κ3) is 2.24. The maximum atomic E-state index is 11.8. The molecule has 2 fully saturated rings. The van der Waals surface area contributed by atoms with Crippen LogP contribution in [0.2, 0.25) is 0 Å². The lowest BCUT2D eigenvalue weighted by Crippen LogP contribution is -2.36. The molecule has 2 saturated carbocycles. The van der Waals surface area contributed by atoms with E-state index in [1.54, 1.807) is 0 Å². The van der Waals surface area contributed by atoms with Crippen LogP contribution in [0.4, 0.5) is 0 Å². The van der Waals surface area contributed by atoms with Gasteiger partial charge in [0.2, 0.25) is 5.91 Å². The highest BCUT2D eigenvalue weighted by Gasteiger charge is 2.47. The standard InChI is InChI=1S/C13H23NO2/c1-2-13(6-7-13)12(16)14-8-5-10-3-4-11(10)9-15/h10-11,15H,2-9H2,1H3,(H,14,16). The van der Waals surface area contributed by atoms with Crippen LogP contribution in [0.15, 0.2) is 0 Å². The van der Waals surface area contributed by atoms with Crippen molar-refractivity contribution in [2.45, 2.75) is 45.4 Å². The summed E-state index contributed by atoms with van der Waals surface area (Å²) in [7, 11) is 0. The van der Waals surface area contributed by atoms with E-state index in [1.165, 1.54) is 6.42 Å². The number of nitrogens with one attached hydrogen (secondary N) is 1. The normalized spacial score (nSPS) is 30.6. The molecule has 0 heterocycles. The SMILES string of the molecule is CCC1(C(=O)NCCC2CCC2CO)CC1. The second kappa shape index (κ2) is 4.74. The Morgan fingerprint density at radius 3 is 2.50 bits per heavy atom. The zero-order valence-electron chi connectivity index (χ0n) is 10.2. The summed E-state index contributed by atoms with van der Waals surface area (Å²) in [6.07, 6.45) is 6.53. The molecule has 0 radical (unpaired) electrons. The number of carbonyl (C=O) groups is 1. The first-order chi connectivity index (χ1) is 7.72. The fraction of sp³-hybridized carbons (Fsp3) is 0.923. The van der Waals surface area contributed by atoms with E-state index in [2.05, 4.69) is 12.2 Å². The van der Waals surface area contributed by atoms with Crippen LogP contribution in [0.1, 0.15) is 45.4 Å². The fourth-order valence-electron chi connectivity index (χ4n) is 2.71. The lowest BCUT2D eigenvalue weighted by Gasteiger charge is -2.35. The average Bonchev–Trinajstić information content (AvgIpc) is 3.04. The minimum Gasteiger partial charge on any atom is -0.396 e. The number of hydrogen-bond acceptors (Lipinski definition) is 2.